The summed E-state index contributed by atoms with van der Waals surface area (Å²) in [5.41, 5.74) is 3.72. The molecule has 7 nitrogen and oxygen atoms in total. The fourth-order valence-corrected chi connectivity index (χ4v) is 5.56. The Morgan fingerprint density at radius 2 is 1.57 bits per heavy atom. The molecule has 3 aromatic carbocycles. The number of anilines is 1. The molecule has 0 aliphatic carbocycles. The van der Waals surface area contributed by atoms with Crippen LogP contribution in [0.15, 0.2) is 71.6 Å². The molecule has 3 aromatic rings. The number of unbranched alkanes of at least 4 members (excludes halogenated alkanes) is 1. The fraction of sp³-hybridized carbons (Fsp3) is 0.355. The Morgan fingerprint density at radius 3 is 2.17 bits per heavy atom. The molecule has 0 aliphatic heterocycles. The number of amides is 2. The first kappa shape index (κ1) is 30.8. The summed E-state index contributed by atoms with van der Waals surface area (Å²) in [5.74, 6) is -1.32. The predicted octanol–water partition coefficient (Wildman–Crippen LogP) is 5.28. The molecule has 40 heavy (non-hydrogen) atoms. The second-order valence-electron chi connectivity index (χ2n) is 10.1. The number of carbonyl (C=O) groups excluding carboxylic acids is 2. The van der Waals surface area contributed by atoms with Gasteiger partial charge in [0.15, 0.2) is 0 Å². The van der Waals surface area contributed by atoms with Gasteiger partial charge in [0.05, 0.1) is 10.6 Å². The van der Waals surface area contributed by atoms with Crippen LogP contribution in [0.3, 0.4) is 0 Å². The lowest BCUT2D eigenvalue weighted by molar-refractivity contribution is -0.139. The van der Waals surface area contributed by atoms with Gasteiger partial charge in [-0.15, -0.1) is 0 Å². The van der Waals surface area contributed by atoms with Crippen molar-refractivity contribution in [2.45, 2.75) is 64.9 Å². The number of hydrogen-bond donors (Lipinski definition) is 1. The second kappa shape index (κ2) is 13.6. The molecule has 0 aromatic heterocycles. The molecule has 1 atom stereocenters. The molecule has 214 valence electrons. The summed E-state index contributed by atoms with van der Waals surface area (Å²) in [6, 6.07) is 16.4. The van der Waals surface area contributed by atoms with Crippen LogP contribution in [0.5, 0.6) is 0 Å². The van der Waals surface area contributed by atoms with Crippen molar-refractivity contribution in [2.24, 2.45) is 0 Å². The van der Waals surface area contributed by atoms with Gasteiger partial charge in [-0.3, -0.25) is 13.9 Å². The van der Waals surface area contributed by atoms with Crippen LogP contribution in [-0.4, -0.2) is 44.3 Å². The van der Waals surface area contributed by atoms with E-state index in [-0.39, 0.29) is 17.3 Å². The average molecular weight is 568 g/mol. The first-order valence-electron chi connectivity index (χ1n) is 13.4. The van der Waals surface area contributed by atoms with Crippen molar-refractivity contribution < 1.29 is 22.4 Å². The van der Waals surface area contributed by atoms with Crippen LogP contribution in [0.25, 0.3) is 0 Å². The van der Waals surface area contributed by atoms with Gasteiger partial charge in [0.2, 0.25) is 11.8 Å². The summed E-state index contributed by atoms with van der Waals surface area (Å²) in [6.45, 7) is 9.23. The molecule has 0 spiro atoms. The molecule has 0 fully saturated rings. The van der Waals surface area contributed by atoms with Crippen molar-refractivity contribution in [3.63, 3.8) is 0 Å². The van der Waals surface area contributed by atoms with Gasteiger partial charge in [-0.1, -0.05) is 49.2 Å². The van der Waals surface area contributed by atoms with Crippen LogP contribution in [0.4, 0.5) is 10.1 Å². The summed E-state index contributed by atoms with van der Waals surface area (Å²) in [6.07, 6.45) is 1.69. The highest BCUT2D eigenvalue weighted by Gasteiger charge is 2.32. The van der Waals surface area contributed by atoms with E-state index in [0.29, 0.717) is 17.8 Å². The standard InChI is InChI=1S/C31H38FN3O4S/c1-6-7-18-33-31(37)25(5)34(20-26-11-13-27(32)14-12-26)30(36)21-35(28-15-10-23(3)24(4)19-28)40(38,39)29-16-8-22(2)9-17-29/h8-17,19,25H,6-7,18,20-21H2,1-5H3,(H,33,37). The fourth-order valence-electron chi connectivity index (χ4n) is 4.15. The number of benzene rings is 3. The van der Waals surface area contributed by atoms with Gasteiger partial charge in [-0.2, -0.15) is 0 Å². The Morgan fingerprint density at radius 1 is 0.925 bits per heavy atom. The highest BCUT2D eigenvalue weighted by molar-refractivity contribution is 7.92. The number of aryl methyl sites for hydroxylation is 3. The second-order valence-corrected chi connectivity index (χ2v) is 11.9. The monoisotopic (exact) mass is 567 g/mol. The van der Waals surface area contributed by atoms with Crippen molar-refractivity contribution in [2.75, 3.05) is 17.4 Å². The van der Waals surface area contributed by atoms with E-state index in [0.717, 1.165) is 33.8 Å². The van der Waals surface area contributed by atoms with Gasteiger partial charge >= 0.3 is 0 Å². The summed E-state index contributed by atoms with van der Waals surface area (Å²) in [5, 5.41) is 2.85. The van der Waals surface area contributed by atoms with E-state index in [9.17, 15) is 22.4 Å². The maximum absolute atomic E-state index is 13.9. The van der Waals surface area contributed by atoms with Gasteiger partial charge in [-0.05, 0) is 87.2 Å². The first-order chi connectivity index (χ1) is 18.9. The zero-order chi connectivity index (χ0) is 29.4. The van der Waals surface area contributed by atoms with Gasteiger partial charge in [0.1, 0.15) is 18.4 Å². The minimum Gasteiger partial charge on any atom is -0.354 e. The largest absolute Gasteiger partial charge is 0.354 e. The summed E-state index contributed by atoms with van der Waals surface area (Å²) in [4.78, 5) is 28.3. The van der Waals surface area contributed by atoms with Crippen molar-refractivity contribution in [3.8, 4) is 0 Å². The number of nitrogens with zero attached hydrogens (tertiary/aromatic N) is 2. The maximum atomic E-state index is 13.9. The van der Waals surface area contributed by atoms with Gasteiger partial charge in [0.25, 0.3) is 10.0 Å². The van der Waals surface area contributed by atoms with Crippen LogP contribution in [0, 0.1) is 26.6 Å². The highest BCUT2D eigenvalue weighted by Crippen LogP contribution is 2.27. The SMILES string of the molecule is CCCCNC(=O)C(C)N(Cc1ccc(F)cc1)C(=O)CN(c1ccc(C)c(C)c1)S(=O)(=O)c1ccc(C)cc1. The molecule has 0 bridgehead atoms. The minimum atomic E-state index is -4.14. The third-order valence-electron chi connectivity index (χ3n) is 6.93. The Labute approximate surface area is 237 Å². The average Bonchev–Trinajstić information content (AvgIpc) is 2.92. The number of hydrogen-bond acceptors (Lipinski definition) is 4. The lowest BCUT2D eigenvalue weighted by Gasteiger charge is -2.32. The molecule has 0 heterocycles. The minimum absolute atomic E-state index is 0.00677. The van der Waals surface area contributed by atoms with Crippen molar-refractivity contribution in [1.82, 2.24) is 10.2 Å². The molecule has 1 N–H and O–H groups in total. The molecule has 9 heteroatoms. The van der Waals surface area contributed by atoms with Crippen LogP contribution in [0.2, 0.25) is 0 Å². The van der Waals surface area contributed by atoms with E-state index >= 15 is 0 Å². The third-order valence-corrected chi connectivity index (χ3v) is 8.72. The van der Waals surface area contributed by atoms with Crippen LogP contribution >= 0.6 is 0 Å². The van der Waals surface area contributed by atoms with E-state index in [2.05, 4.69) is 5.32 Å². The van der Waals surface area contributed by atoms with E-state index < -0.39 is 34.3 Å². The molecule has 2 amide bonds. The molecule has 0 saturated heterocycles. The van der Waals surface area contributed by atoms with E-state index in [1.54, 1.807) is 43.3 Å². The summed E-state index contributed by atoms with van der Waals surface area (Å²) < 4.78 is 42.5. The van der Waals surface area contributed by atoms with Gasteiger partial charge in [0, 0.05) is 13.1 Å². The Bertz CT molecular complexity index is 1420. The smallest absolute Gasteiger partial charge is 0.264 e. The van der Waals surface area contributed by atoms with Crippen molar-refractivity contribution in [3.05, 3.63) is 94.8 Å². The van der Waals surface area contributed by atoms with E-state index in [1.807, 2.05) is 33.8 Å². The third kappa shape index (κ3) is 7.69. The van der Waals surface area contributed by atoms with Crippen molar-refractivity contribution >= 4 is 27.5 Å². The molecular formula is C31H38FN3O4S. The Kier molecular flexibility index (Phi) is 10.5. The Balaban J connectivity index is 2.02. The molecule has 3 rings (SSSR count). The highest BCUT2D eigenvalue weighted by atomic mass is 32.2. The molecule has 0 saturated carbocycles. The molecule has 1 unspecified atom stereocenters. The lowest BCUT2D eigenvalue weighted by Crippen LogP contribution is -2.51. The predicted molar refractivity (Wildman–Crippen MR) is 156 cm³/mol. The normalized spacial score (nSPS) is 12.1. The number of halogens is 1. The molecular weight excluding hydrogens is 529 g/mol. The molecule has 0 aliphatic rings. The van der Waals surface area contributed by atoms with E-state index in [1.165, 1.54) is 29.2 Å². The lowest BCUT2D eigenvalue weighted by atomic mass is 10.1. The number of carbonyl (C=O) groups is 2. The topological polar surface area (TPSA) is 86.8 Å². The first-order valence-corrected chi connectivity index (χ1v) is 14.9. The number of sulfonamides is 1. The zero-order valence-electron chi connectivity index (χ0n) is 23.8. The molecule has 0 radical (unpaired) electrons. The van der Waals surface area contributed by atoms with Crippen LogP contribution in [0.1, 0.15) is 48.9 Å². The summed E-state index contributed by atoms with van der Waals surface area (Å²) in [7, 11) is -4.14. The van der Waals surface area contributed by atoms with Gasteiger partial charge < -0.3 is 10.2 Å². The van der Waals surface area contributed by atoms with Crippen LogP contribution < -0.4 is 9.62 Å². The number of nitrogens with one attached hydrogen (secondary N) is 1. The quantitative estimate of drug-likeness (QED) is 0.302. The van der Waals surface area contributed by atoms with E-state index in [4.69, 9.17) is 0 Å². The van der Waals surface area contributed by atoms with Gasteiger partial charge in [-0.25, -0.2) is 12.8 Å². The van der Waals surface area contributed by atoms with Crippen LogP contribution in [-0.2, 0) is 26.2 Å². The number of rotatable bonds is 12. The Hall–Kier alpha value is -3.72. The maximum Gasteiger partial charge on any atom is 0.264 e. The van der Waals surface area contributed by atoms with Crippen molar-refractivity contribution in [1.29, 1.82) is 0 Å². The zero-order valence-corrected chi connectivity index (χ0v) is 24.6. The summed E-state index contributed by atoms with van der Waals surface area (Å²) >= 11 is 0.